The third-order valence-electron chi connectivity index (χ3n) is 5.15. The molecule has 0 saturated carbocycles. The fourth-order valence-corrected chi connectivity index (χ4v) is 3.62. The van der Waals surface area contributed by atoms with Gasteiger partial charge in [-0.15, -0.1) is 0 Å². The van der Waals surface area contributed by atoms with Gasteiger partial charge < -0.3 is 0 Å². The van der Waals surface area contributed by atoms with Crippen LogP contribution in [-0.2, 0) is 6.42 Å². The summed E-state index contributed by atoms with van der Waals surface area (Å²) in [5.41, 5.74) is -1.33. The summed E-state index contributed by atoms with van der Waals surface area (Å²) in [7, 11) is 0. The number of hydrogen-bond donors (Lipinski definition) is 0. The van der Waals surface area contributed by atoms with Gasteiger partial charge in [-0.25, -0.2) is 40.7 Å². The zero-order valence-corrected chi connectivity index (χ0v) is 17.6. The Morgan fingerprint density at radius 2 is 1.00 bits per heavy atom. The van der Waals surface area contributed by atoms with Crippen molar-refractivity contribution in [2.24, 2.45) is 0 Å². The van der Waals surface area contributed by atoms with Crippen molar-refractivity contribution in [3.05, 3.63) is 95.1 Å². The van der Waals surface area contributed by atoms with Gasteiger partial charge >= 0.3 is 0 Å². The Morgan fingerprint density at radius 1 is 0.559 bits per heavy atom. The molecule has 0 N–H and O–H groups in total. The molecule has 4 rings (SSSR count). The SMILES string of the molecule is CCCc1cc(F)c(-c2cc(F)c(-c3cnc(-c4cc(F)c(F)c(F)c4)nc3)c(F)c2)c(F)c1. The van der Waals surface area contributed by atoms with Crippen molar-refractivity contribution >= 4 is 0 Å². The van der Waals surface area contributed by atoms with E-state index >= 15 is 0 Å². The highest BCUT2D eigenvalue weighted by Gasteiger charge is 2.20. The van der Waals surface area contributed by atoms with Crippen LogP contribution in [0, 0.1) is 40.7 Å². The first-order chi connectivity index (χ1) is 16.2. The van der Waals surface area contributed by atoms with Crippen LogP contribution in [0.3, 0.4) is 0 Å². The van der Waals surface area contributed by atoms with E-state index < -0.39 is 51.8 Å². The first-order valence-corrected chi connectivity index (χ1v) is 10.1. The normalized spacial score (nSPS) is 11.2. The van der Waals surface area contributed by atoms with Crippen molar-refractivity contribution in [3.63, 3.8) is 0 Å². The van der Waals surface area contributed by atoms with E-state index in [1.807, 2.05) is 6.92 Å². The van der Waals surface area contributed by atoms with Crippen LogP contribution in [0.15, 0.2) is 48.8 Å². The fraction of sp³-hybridized carbons (Fsp3) is 0.120. The molecule has 1 heterocycles. The minimum atomic E-state index is -1.66. The highest BCUT2D eigenvalue weighted by molar-refractivity contribution is 5.72. The highest BCUT2D eigenvalue weighted by atomic mass is 19.2. The molecule has 0 spiro atoms. The summed E-state index contributed by atoms with van der Waals surface area (Å²) >= 11 is 0. The third kappa shape index (κ3) is 4.37. The molecule has 1 aromatic heterocycles. The third-order valence-corrected chi connectivity index (χ3v) is 5.15. The van der Waals surface area contributed by atoms with Gasteiger partial charge in [0, 0.05) is 23.5 Å². The maximum atomic E-state index is 14.8. The minimum Gasteiger partial charge on any atom is -0.236 e. The summed E-state index contributed by atoms with van der Waals surface area (Å²) in [4.78, 5) is 7.67. The Bertz CT molecular complexity index is 1320. The predicted octanol–water partition coefficient (Wildman–Crippen LogP) is 7.40. The van der Waals surface area contributed by atoms with Crippen molar-refractivity contribution in [1.82, 2.24) is 9.97 Å². The molecule has 0 amide bonds. The topological polar surface area (TPSA) is 25.8 Å². The second kappa shape index (κ2) is 9.24. The van der Waals surface area contributed by atoms with Gasteiger partial charge in [-0.2, -0.15) is 0 Å². The largest absolute Gasteiger partial charge is 0.236 e. The van der Waals surface area contributed by atoms with Gasteiger partial charge in [0.05, 0.1) is 11.1 Å². The van der Waals surface area contributed by atoms with E-state index in [4.69, 9.17) is 0 Å². The van der Waals surface area contributed by atoms with Crippen molar-refractivity contribution in [2.45, 2.75) is 19.8 Å². The van der Waals surface area contributed by atoms with Gasteiger partial charge in [0.15, 0.2) is 23.3 Å². The first-order valence-electron chi connectivity index (χ1n) is 10.1. The van der Waals surface area contributed by atoms with Gasteiger partial charge in [0.25, 0.3) is 0 Å². The minimum absolute atomic E-state index is 0.132. The number of halogens is 7. The average molecular weight is 476 g/mol. The lowest BCUT2D eigenvalue weighted by molar-refractivity contribution is 0.447. The number of nitrogens with zero attached hydrogens (tertiary/aromatic N) is 2. The predicted molar refractivity (Wildman–Crippen MR) is 112 cm³/mol. The summed E-state index contributed by atoms with van der Waals surface area (Å²) in [5.74, 6) is -8.89. The van der Waals surface area contributed by atoms with E-state index in [1.54, 1.807) is 0 Å². The Labute approximate surface area is 189 Å². The molecule has 0 unspecified atom stereocenters. The first kappa shape index (κ1) is 23.4. The van der Waals surface area contributed by atoms with Crippen molar-refractivity contribution in [3.8, 4) is 33.6 Å². The van der Waals surface area contributed by atoms with Gasteiger partial charge in [-0.3, -0.25) is 0 Å². The lowest BCUT2D eigenvalue weighted by atomic mass is 9.97. The number of aromatic nitrogens is 2. The number of benzene rings is 3. The maximum Gasteiger partial charge on any atom is 0.194 e. The molecule has 0 atom stereocenters. The number of aryl methyl sites for hydroxylation is 1. The molecule has 0 aliphatic heterocycles. The molecular formula is C25H15F7N2. The smallest absolute Gasteiger partial charge is 0.194 e. The second-order valence-corrected chi connectivity index (χ2v) is 7.55. The summed E-state index contributed by atoms with van der Waals surface area (Å²) in [5, 5.41) is 0. The summed E-state index contributed by atoms with van der Waals surface area (Å²) in [6.07, 6.45) is 3.12. The van der Waals surface area contributed by atoms with Crippen LogP contribution in [0.25, 0.3) is 33.6 Å². The van der Waals surface area contributed by atoms with Gasteiger partial charge in [-0.1, -0.05) is 13.3 Å². The number of rotatable bonds is 5. The van der Waals surface area contributed by atoms with Crippen LogP contribution in [-0.4, -0.2) is 9.97 Å². The summed E-state index contributed by atoms with van der Waals surface area (Å²) in [6.45, 7) is 1.85. The zero-order valence-electron chi connectivity index (χ0n) is 17.6. The molecule has 34 heavy (non-hydrogen) atoms. The Morgan fingerprint density at radius 3 is 1.50 bits per heavy atom. The van der Waals surface area contributed by atoms with Crippen molar-refractivity contribution in [2.75, 3.05) is 0 Å². The molecule has 174 valence electrons. The van der Waals surface area contributed by atoms with Crippen LogP contribution >= 0.6 is 0 Å². The second-order valence-electron chi connectivity index (χ2n) is 7.55. The molecular weight excluding hydrogens is 461 g/mol. The van der Waals surface area contributed by atoms with Gasteiger partial charge in [-0.05, 0) is 53.9 Å². The van der Waals surface area contributed by atoms with E-state index in [9.17, 15) is 30.7 Å². The van der Waals surface area contributed by atoms with Crippen LogP contribution in [0.4, 0.5) is 30.7 Å². The maximum absolute atomic E-state index is 14.8. The molecule has 4 aromatic rings. The van der Waals surface area contributed by atoms with E-state index in [0.29, 0.717) is 30.5 Å². The highest BCUT2D eigenvalue weighted by Crippen LogP contribution is 2.34. The fourth-order valence-electron chi connectivity index (χ4n) is 3.62. The molecule has 9 heteroatoms. The van der Waals surface area contributed by atoms with E-state index in [-0.39, 0.29) is 22.5 Å². The molecule has 0 radical (unpaired) electrons. The van der Waals surface area contributed by atoms with E-state index in [0.717, 1.165) is 36.7 Å². The number of hydrogen-bond acceptors (Lipinski definition) is 2. The Hall–Kier alpha value is -3.75. The van der Waals surface area contributed by atoms with E-state index in [2.05, 4.69) is 9.97 Å². The van der Waals surface area contributed by atoms with Crippen LogP contribution in [0.2, 0.25) is 0 Å². The van der Waals surface area contributed by atoms with Crippen molar-refractivity contribution in [1.29, 1.82) is 0 Å². The van der Waals surface area contributed by atoms with Crippen LogP contribution < -0.4 is 0 Å². The van der Waals surface area contributed by atoms with Gasteiger partial charge in [0.1, 0.15) is 23.3 Å². The molecule has 0 bridgehead atoms. The monoisotopic (exact) mass is 476 g/mol. The quantitative estimate of drug-likeness (QED) is 0.222. The van der Waals surface area contributed by atoms with E-state index in [1.165, 1.54) is 0 Å². The van der Waals surface area contributed by atoms with Crippen LogP contribution in [0.5, 0.6) is 0 Å². The molecule has 2 nitrogen and oxygen atoms in total. The Kier molecular flexibility index (Phi) is 6.37. The lowest BCUT2D eigenvalue weighted by Crippen LogP contribution is -1.99. The van der Waals surface area contributed by atoms with Gasteiger partial charge in [0.2, 0.25) is 0 Å². The standard InChI is InChI=1S/C25H15F7N2/c1-2-3-12-4-16(26)22(17(27)5-12)13-6-18(28)23(19(29)7-13)15-10-33-25(34-11-15)14-8-20(30)24(32)21(31)9-14/h4-11H,2-3H2,1H3. The molecule has 3 aromatic carbocycles. The van der Waals surface area contributed by atoms with Crippen molar-refractivity contribution < 1.29 is 30.7 Å². The average Bonchev–Trinajstić information content (AvgIpc) is 2.77. The molecule has 0 aliphatic rings. The lowest BCUT2D eigenvalue weighted by Gasteiger charge is -2.11. The Balaban J connectivity index is 1.71. The zero-order chi connectivity index (χ0) is 24.6. The molecule has 0 fully saturated rings. The molecule has 0 aliphatic carbocycles. The van der Waals surface area contributed by atoms with Crippen LogP contribution in [0.1, 0.15) is 18.9 Å². The molecule has 0 saturated heterocycles. The summed E-state index contributed by atoms with van der Waals surface area (Å²) < 4.78 is 98.7. The summed E-state index contributed by atoms with van der Waals surface area (Å²) in [6, 6.07) is 5.19.